The minimum Gasteiger partial charge on any atom is -0.341 e. The Morgan fingerprint density at radius 2 is 2.22 bits per heavy atom. The lowest BCUT2D eigenvalue weighted by molar-refractivity contribution is -0.129. The molecule has 2 heterocycles. The quantitative estimate of drug-likeness (QED) is 0.822. The predicted molar refractivity (Wildman–Crippen MR) is 71.2 cm³/mol. The van der Waals surface area contributed by atoms with Crippen molar-refractivity contribution in [2.45, 2.75) is 32.2 Å². The summed E-state index contributed by atoms with van der Waals surface area (Å²) in [5.41, 5.74) is 1.24. The van der Waals surface area contributed by atoms with Crippen molar-refractivity contribution in [1.29, 1.82) is 0 Å². The average molecular weight is 247 g/mol. The summed E-state index contributed by atoms with van der Waals surface area (Å²) in [4.78, 5) is 18.0. The molecule has 2 rings (SSSR count). The van der Waals surface area contributed by atoms with Gasteiger partial charge in [-0.15, -0.1) is 0 Å². The number of nitrogens with zero attached hydrogens (tertiary/aromatic N) is 2. The number of pyridine rings is 1. The minimum atomic E-state index is 0.0439. The highest BCUT2D eigenvalue weighted by molar-refractivity contribution is 5.83. The summed E-state index contributed by atoms with van der Waals surface area (Å²) in [6, 6.07) is 4.06. The molecule has 1 N–H and O–H groups in total. The van der Waals surface area contributed by atoms with E-state index < -0.39 is 0 Å². The van der Waals surface area contributed by atoms with Crippen LogP contribution in [0.25, 0.3) is 0 Å². The third kappa shape index (κ3) is 3.29. The Balaban J connectivity index is 1.79. The summed E-state index contributed by atoms with van der Waals surface area (Å²) in [5.74, 6) is 0.262. The lowest BCUT2D eigenvalue weighted by Gasteiger charge is -2.17. The van der Waals surface area contributed by atoms with Gasteiger partial charge in [-0.3, -0.25) is 9.78 Å². The van der Waals surface area contributed by atoms with Gasteiger partial charge in [0.2, 0.25) is 5.91 Å². The molecule has 0 spiro atoms. The third-order valence-corrected chi connectivity index (χ3v) is 3.36. The maximum atomic E-state index is 12.1. The molecule has 1 aromatic rings. The summed E-state index contributed by atoms with van der Waals surface area (Å²) in [7, 11) is 0. The van der Waals surface area contributed by atoms with E-state index in [-0.39, 0.29) is 11.9 Å². The van der Waals surface area contributed by atoms with E-state index >= 15 is 0 Å². The lowest BCUT2D eigenvalue weighted by Crippen LogP contribution is -2.39. The van der Waals surface area contributed by atoms with Crippen LogP contribution < -0.4 is 5.32 Å². The number of hydrogen-bond donors (Lipinski definition) is 1. The monoisotopic (exact) mass is 247 g/mol. The molecule has 1 aliphatic heterocycles. The molecule has 4 nitrogen and oxygen atoms in total. The molecule has 4 heteroatoms. The van der Waals surface area contributed by atoms with Gasteiger partial charge in [0.05, 0.1) is 6.04 Å². The SMILES string of the molecule is CCCNC1CCN(CCc2ccncc2)C1=O. The van der Waals surface area contributed by atoms with Gasteiger partial charge >= 0.3 is 0 Å². The highest BCUT2D eigenvalue weighted by Crippen LogP contribution is 2.12. The second-order valence-electron chi connectivity index (χ2n) is 4.73. The number of carbonyl (C=O) groups is 1. The molecule has 18 heavy (non-hydrogen) atoms. The van der Waals surface area contributed by atoms with Crippen molar-refractivity contribution >= 4 is 5.91 Å². The Labute approximate surface area is 108 Å². The number of amides is 1. The summed E-state index contributed by atoms with van der Waals surface area (Å²) in [6.07, 6.45) is 6.52. The molecule has 0 bridgehead atoms. The molecule has 98 valence electrons. The maximum Gasteiger partial charge on any atom is 0.239 e. The fourth-order valence-corrected chi connectivity index (χ4v) is 2.28. The first-order valence-corrected chi connectivity index (χ1v) is 6.72. The van der Waals surface area contributed by atoms with Crippen LogP contribution in [0.1, 0.15) is 25.3 Å². The first kappa shape index (κ1) is 13.0. The summed E-state index contributed by atoms with van der Waals surface area (Å²) in [5, 5.41) is 3.31. The van der Waals surface area contributed by atoms with Crippen molar-refractivity contribution in [2.24, 2.45) is 0 Å². The van der Waals surface area contributed by atoms with Gasteiger partial charge in [-0.05, 0) is 43.5 Å². The normalized spacial score (nSPS) is 19.5. The fraction of sp³-hybridized carbons (Fsp3) is 0.571. The van der Waals surface area contributed by atoms with Crippen molar-refractivity contribution in [3.8, 4) is 0 Å². The van der Waals surface area contributed by atoms with Gasteiger partial charge in [0.15, 0.2) is 0 Å². The van der Waals surface area contributed by atoms with Crippen LogP contribution in [0.2, 0.25) is 0 Å². The molecule has 1 aliphatic rings. The Kier molecular flexibility index (Phi) is 4.70. The van der Waals surface area contributed by atoms with Crippen LogP contribution in [0.15, 0.2) is 24.5 Å². The number of hydrogen-bond acceptors (Lipinski definition) is 3. The first-order chi connectivity index (χ1) is 8.81. The van der Waals surface area contributed by atoms with Crippen LogP contribution >= 0.6 is 0 Å². The molecular weight excluding hydrogens is 226 g/mol. The molecule has 0 aliphatic carbocycles. The fourth-order valence-electron chi connectivity index (χ4n) is 2.28. The largest absolute Gasteiger partial charge is 0.341 e. The molecule has 1 atom stereocenters. The van der Waals surface area contributed by atoms with E-state index in [2.05, 4.69) is 17.2 Å². The lowest BCUT2D eigenvalue weighted by atomic mass is 10.2. The van der Waals surface area contributed by atoms with Gasteiger partial charge in [-0.1, -0.05) is 6.92 Å². The molecule has 0 aromatic carbocycles. The van der Waals surface area contributed by atoms with Crippen molar-refractivity contribution in [1.82, 2.24) is 15.2 Å². The number of nitrogens with one attached hydrogen (secondary N) is 1. The van der Waals surface area contributed by atoms with Crippen LogP contribution in [0.5, 0.6) is 0 Å². The Hall–Kier alpha value is -1.42. The smallest absolute Gasteiger partial charge is 0.239 e. The van der Waals surface area contributed by atoms with Gasteiger partial charge in [0, 0.05) is 25.5 Å². The second kappa shape index (κ2) is 6.50. The maximum absolute atomic E-state index is 12.1. The van der Waals surface area contributed by atoms with E-state index in [0.29, 0.717) is 0 Å². The van der Waals surface area contributed by atoms with E-state index in [1.807, 2.05) is 17.0 Å². The molecule has 1 aromatic heterocycles. The van der Waals surface area contributed by atoms with Crippen molar-refractivity contribution in [3.05, 3.63) is 30.1 Å². The van der Waals surface area contributed by atoms with E-state index in [9.17, 15) is 4.79 Å². The number of carbonyl (C=O) groups excluding carboxylic acids is 1. The summed E-state index contributed by atoms with van der Waals surface area (Å²) in [6.45, 7) is 4.74. The van der Waals surface area contributed by atoms with Crippen LogP contribution in [0, 0.1) is 0 Å². The van der Waals surface area contributed by atoms with Crippen molar-refractivity contribution < 1.29 is 4.79 Å². The van der Waals surface area contributed by atoms with Crippen molar-refractivity contribution in [3.63, 3.8) is 0 Å². The van der Waals surface area contributed by atoms with Gasteiger partial charge in [-0.2, -0.15) is 0 Å². The van der Waals surface area contributed by atoms with Crippen LogP contribution in [0.4, 0.5) is 0 Å². The zero-order valence-corrected chi connectivity index (χ0v) is 10.9. The van der Waals surface area contributed by atoms with E-state index in [4.69, 9.17) is 0 Å². The number of likely N-dealkylation sites (tertiary alicyclic amines) is 1. The summed E-state index contributed by atoms with van der Waals surface area (Å²) < 4.78 is 0. The average Bonchev–Trinajstić information content (AvgIpc) is 2.76. The highest BCUT2D eigenvalue weighted by atomic mass is 16.2. The Morgan fingerprint density at radius 3 is 2.94 bits per heavy atom. The number of rotatable bonds is 6. The van der Waals surface area contributed by atoms with Gasteiger partial charge in [0.25, 0.3) is 0 Å². The van der Waals surface area contributed by atoms with Gasteiger partial charge in [-0.25, -0.2) is 0 Å². The Morgan fingerprint density at radius 1 is 1.44 bits per heavy atom. The zero-order valence-electron chi connectivity index (χ0n) is 10.9. The molecule has 1 saturated heterocycles. The van der Waals surface area contributed by atoms with E-state index in [0.717, 1.165) is 38.9 Å². The standard InChI is InChI=1S/C14H21N3O/c1-2-7-16-13-6-11-17(14(13)18)10-5-12-3-8-15-9-4-12/h3-4,8-9,13,16H,2,5-7,10-11H2,1H3. The summed E-state index contributed by atoms with van der Waals surface area (Å²) >= 11 is 0. The molecule has 1 amide bonds. The van der Waals surface area contributed by atoms with Crippen molar-refractivity contribution in [2.75, 3.05) is 19.6 Å². The minimum absolute atomic E-state index is 0.0439. The van der Waals surface area contributed by atoms with E-state index in [1.165, 1.54) is 5.56 Å². The molecule has 0 saturated carbocycles. The second-order valence-corrected chi connectivity index (χ2v) is 4.73. The first-order valence-electron chi connectivity index (χ1n) is 6.72. The topological polar surface area (TPSA) is 45.2 Å². The molecule has 1 fully saturated rings. The predicted octanol–water partition coefficient (Wildman–Crippen LogP) is 1.22. The number of aromatic nitrogens is 1. The third-order valence-electron chi connectivity index (χ3n) is 3.36. The van der Waals surface area contributed by atoms with Gasteiger partial charge in [0.1, 0.15) is 0 Å². The molecule has 0 radical (unpaired) electrons. The highest BCUT2D eigenvalue weighted by Gasteiger charge is 2.30. The van der Waals surface area contributed by atoms with Gasteiger partial charge < -0.3 is 10.2 Å². The Bertz CT molecular complexity index is 380. The van der Waals surface area contributed by atoms with Crippen LogP contribution in [0.3, 0.4) is 0 Å². The van der Waals surface area contributed by atoms with Crippen LogP contribution in [-0.2, 0) is 11.2 Å². The molecular formula is C14H21N3O. The molecule has 1 unspecified atom stereocenters. The van der Waals surface area contributed by atoms with Crippen LogP contribution in [-0.4, -0.2) is 41.5 Å². The zero-order chi connectivity index (χ0) is 12.8. The van der Waals surface area contributed by atoms with E-state index in [1.54, 1.807) is 12.4 Å².